The lowest BCUT2D eigenvalue weighted by Crippen LogP contribution is -2.36. The molecule has 2 aromatic rings. The van der Waals surface area contributed by atoms with Crippen molar-refractivity contribution >= 4 is 29.2 Å². The lowest BCUT2D eigenvalue weighted by molar-refractivity contribution is -0.116. The summed E-state index contributed by atoms with van der Waals surface area (Å²) in [5.41, 5.74) is 2.34. The quantitative estimate of drug-likeness (QED) is 0.610. The average molecular weight is 369 g/mol. The fraction of sp³-hybridized carbons (Fsp3) is 0.450. The van der Waals surface area contributed by atoms with Crippen LogP contribution in [0.1, 0.15) is 31.2 Å². The van der Waals surface area contributed by atoms with Gasteiger partial charge in [0.2, 0.25) is 5.91 Å². The number of fused-ring (bicyclic) bond motifs is 1. The third-order valence-electron chi connectivity index (χ3n) is 5.06. The first-order valence-electron chi connectivity index (χ1n) is 9.39. The number of amides is 1. The number of aromatic nitrogens is 2. The predicted molar refractivity (Wildman–Crippen MR) is 106 cm³/mol. The van der Waals surface area contributed by atoms with Crippen LogP contribution in [0, 0.1) is 0 Å². The summed E-state index contributed by atoms with van der Waals surface area (Å²) in [5.74, 6) is 1.54. The summed E-state index contributed by atoms with van der Waals surface area (Å²) < 4.78 is 0. The summed E-state index contributed by atoms with van der Waals surface area (Å²) in [6, 6.07) is 10.2. The van der Waals surface area contributed by atoms with Gasteiger partial charge in [0.05, 0.1) is 5.75 Å². The Hall–Kier alpha value is -2.08. The van der Waals surface area contributed by atoms with E-state index in [9.17, 15) is 4.79 Å². The van der Waals surface area contributed by atoms with E-state index >= 15 is 0 Å². The van der Waals surface area contributed by atoms with E-state index in [-0.39, 0.29) is 5.91 Å². The molecule has 1 aromatic carbocycles. The molecule has 5 nitrogen and oxygen atoms in total. The molecular formula is C20H24N4OS. The molecule has 0 spiro atoms. The van der Waals surface area contributed by atoms with Gasteiger partial charge >= 0.3 is 0 Å². The standard InChI is InChI=1S/C20H24N4OS/c25-20(24-12-6-8-16-7-2-3-9-17(16)24)14-26-19-13-18(21-15-22-19)23-10-4-1-5-11-23/h2-3,7,9,13,15H,1,4-6,8,10-12,14H2. The van der Waals surface area contributed by atoms with Gasteiger partial charge in [-0.25, -0.2) is 9.97 Å². The monoisotopic (exact) mass is 368 g/mol. The molecule has 0 N–H and O–H groups in total. The van der Waals surface area contributed by atoms with E-state index in [1.807, 2.05) is 23.1 Å². The summed E-state index contributed by atoms with van der Waals surface area (Å²) in [5, 5.41) is 0.874. The van der Waals surface area contributed by atoms with Crippen molar-refractivity contribution < 1.29 is 4.79 Å². The fourth-order valence-corrected chi connectivity index (χ4v) is 4.45. The number of nitrogens with zero attached hydrogens (tertiary/aromatic N) is 4. The van der Waals surface area contributed by atoms with E-state index in [1.54, 1.807) is 6.33 Å². The number of anilines is 2. The van der Waals surface area contributed by atoms with E-state index < -0.39 is 0 Å². The molecule has 0 unspecified atom stereocenters. The Morgan fingerprint density at radius 1 is 1.04 bits per heavy atom. The number of thioether (sulfide) groups is 1. The molecule has 1 aromatic heterocycles. The largest absolute Gasteiger partial charge is 0.356 e. The Labute approximate surface area is 158 Å². The molecule has 1 amide bonds. The molecule has 6 heteroatoms. The van der Waals surface area contributed by atoms with Gasteiger partial charge in [0.25, 0.3) is 0 Å². The van der Waals surface area contributed by atoms with Crippen LogP contribution in [0.4, 0.5) is 11.5 Å². The Morgan fingerprint density at radius 3 is 2.77 bits per heavy atom. The lowest BCUT2D eigenvalue weighted by Gasteiger charge is -2.29. The van der Waals surface area contributed by atoms with E-state index in [2.05, 4.69) is 27.0 Å². The van der Waals surface area contributed by atoms with Gasteiger partial charge < -0.3 is 9.80 Å². The molecule has 1 saturated heterocycles. The number of para-hydroxylation sites is 1. The van der Waals surface area contributed by atoms with Crippen molar-refractivity contribution in [2.75, 3.05) is 35.2 Å². The van der Waals surface area contributed by atoms with Crippen molar-refractivity contribution in [3.05, 3.63) is 42.2 Å². The zero-order chi connectivity index (χ0) is 17.8. The molecule has 136 valence electrons. The third-order valence-corrected chi connectivity index (χ3v) is 5.97. The summed E-state index contributed by atoms with van der Waals surface area (Å²) in [6.45, 7) is 2.93. The fourth-order valence-electron chi connectivity index (χ4n) is 3.71. The molecule has 0 saturated carbocycles. The van der Waals surface area contributed by atoms with Crippen molar-refractivity contribution in [1.29, 1.82) is 0 Å². The normalized spacial score (nSPS) is 17.1. The van der Waals surface area contributed by atoms with Crippen molar-refractivity contribution in [2.45, 2.75) is 37.1 Å². The Balaban J connectivity index is 1.41. The predicted octanol–water partition coefficient (Wildman–Crippen LogP) is 3.54. The van der Waals surface area contributed by atoms with Crippen LogP contribution >= 0.6 is 11.8 Å². The van der Waals surface area contributed by atoms with Crippen molar-refractivity contribution in [2.24, 2.45) is 0 Å². The Kier molecular flexibility index (Phi) is 5.39. The number of hydrogen-bond acceptors (Lipinski definition) is 5. The number of piperidine rings is 1. The van der Waals surface area contributed by atoms with Gasteiger partial charge in [-0.1, -0.05) is 30.0 Å². The zero-order valence-corrected chi connectivity index (χ0v) is 15.7. The molecule has 3 heterocycles. The maximum absolute atomic E-state index is 12.8. The number of rotatable bonds is 4. The van der Waals surface area contributed by atoms with Crippen molar-refractivity contribution in [3.8, 4) is 0 Å². The summed E-state index contributed by atoms with van der Waals surface area (Å²) in [6.07, 6.45) is 7.44. The van der Waals surface area contributed by atoms with E-state index in [1.165, 1.54) is 36.6 Å². The van der Waals surface area contributed by atoms with E-state index in [0.717, 1.165) is 49.0 Å². The van der Waals surface area contributed by atoms with Crippen LogP contribution in [0.25, 0.3) is 0 Å². The van der Waals surface area contributed by atoms with Gasteiger partial charge in [-0.05, 0) is 43.7 Å². The molecule has 26 heavy (non-hydrogen) atoms. The second-order valence-electron chi connectivity index (χ2n) is 6.83. The highest BCUT2D eigenvalue weighted by Crippen LogP contribution is 2.28. The Bertz CT molecular complexity index is 776. The minimum atomic E-state index is 0.153. The first-order valence-corrected chi connectivity index (χ1v) is 10.4. The van der Waals surface area contributed by atoms with Gasteiger partial charge in [-0.2, -0.15) is 0 Å². The molecule has 0 aliphatic carbocycles. The van der Waals surface area contributed by atoms with Gasteiger partial charge in [0.1, 0.15) is 17.2 Å². The van der Waals surface area contributed by atoms with Crippen LogP contribution in [0.2, 0.25) is 0 Å². The molecule has 0 atom stereocenters. The van der Waals surface area contributed by atoms with Gasteiger partial charge in [-0.3, -0.25) is 4.79 Å². The van der Waals surface area contributed by atoms with Gasteiger partial charge in [0.15, 0.2) is 0 Å². The van der Waals surface area contributed by atoms with E-state index in [0.29, 0.717) is 5.75 Å². The van der Waals surface area contributed by atoms with E-state index in [4.69, 9.17) is 0 Å². The topological polar surface area (TPSA) is 49.3 Å². The molecule has 1 fully saturated rings. The second-order valence-corrected chi connectivity index (χ2v) is 7.82. The molecular weight excluding hydrogens is 344 g/mol. The van der Waals surface area contributed by atoms with Crippen molar-refractivity contribution in [3.63, 3.8) is 0 Å². The average Bonchev–Trinajstić information content (AvgIpc) is 2.72. The first kappa shape index (κ1) is 17.3. The van der Waals surface area contributed by atoms with Crippen LogP contribution in [0.15, 0.2) is 41.7 Å². The van der Waals surface area contributed by atoms with Gasteiger partial charge in [0, 0.05) is 31.4 Å². The minimum Gasteiger partial charge on any atom is -0.356 e. The summed E-state index contributed by atoms with van der Waals surface area (Å²) in [7, 11) is 0. The van der Waals surface area contributed by atoms with Gasteiger partial charge in [-0.15, -0.1) is 0 Å². The number of aryl methyl sites for hydroxylation is 1. The number of carbonyl (C=O) groups excluding carboxylic acids is 1. The number of benzene rings is 1. The zero-order valence-electron chi connectivity index (χ0n) is 14.9. The third kappa shape index (κ3) is 3.85. The highest BCUT2D eigenvalue weighted by molar-refractivity contribution is 7.99. The summed E-state index contributed by atoms with van der Waals surface area (Å²) >= 11 is 1.51. The number of carbonyl (C=O) groups is 1. The molecule has 0 radical (unpaired) electrons. The minimum absolute atomic E-state index is 0.153. The summed E-state index contributed by atoms with van der Waals surface area (Å²) in [4.78, 5) is 25.8. The first-order chi connectivity index (χ1) is 12.8. The maximum Gasteiger partial charge on any atom is 0.237 e. The van der Waals surface area contributed by atoms with Crippen molar-refractivity contribution in [1.82, 2.24) is 9.97 Å². The van der Waals surface area contributed by atoms with Crippen LogP contribution in [-0.4, -0.2) is 41.3 Å². The van der Waals surface area contributed by atoms with Crippen LogP contribution < -0.4 is 9.80 Å². The molecule has 2 aliphatic rings. The Morgan fingerprint density at radius 2 is 1.88 bits per heavy atom. The highest BCUT2D eigenvalue weighted by Gasteiger charge is 2.22. The molecule has 0 bridgehead atoms. The number of hydrogen-bond donors (Lipinski definition) is 0. The SMILES string of the molecule is O=C(CSc1cc(N2CCCCC2)ncn1)N1CCCc2ccccc21. The highest BCUT2D eigenvalue weighted by atomic mass is 32.2. The van der Waals surface area contributed by atoms with Crippen LogP contribution in [0.5, 0.6) is 0 Å². The molecule has 4 rings (SSSR count). The van der Waals surface area contributed by atoms with Crippen LogP contribution in [0.3, 0.4) is 0 Å². The molecule has 2 aliphatic heterocycles. The maximum atomic E-state index is 12.8. The second kappa shape index (κ2) is 8.08. The van der Waals surface area contributed by atoms with Crippen LogP contribution in [-0.2, 0) is 11.2 Å². The lowest BCUT2D eigenvalue weighted by atomic mass is 10.0. The smallest absolute Gasteiger partial charge is 0.237 e.